The standard InChI is InChI=1S/C11H20O4Si/c1-3-11(12)13-6-5-7-16(15-4-2)9-10-8-14-10/h3,10,16H,1,4-9H2,2H3. The minimum atomic E-state index is -1.14. The Kier molecular flexibility index (Phi) is 6.36. The van der Waals surface area contributed by atoms with Gasteiger partial charge < -0.3 is 13.9 Å². The Bertz CT molecular complexity index is 228. The fourth-order valence-electron chi connectivity index (χ4n) is 1.54. The molecule has 2 unspecified atom stereocenters. The van der Waals surface area contributed by atoms with E-state index in [1.54, 1.807) is 0 Å². The van der Waals surface area contributed by atoms with E-state index in [1.807, 2.05) is 6.92 Å². The van der Waals surface area contributed by atoms with Gasteiger partial charge in [-0.3, -0.25) is 0 Å². The van der Waals surface area contributed by atoms with Crippen molar-refractivity contribution in [3.63, 3.8) is 0 Å². The van der Waals surface area contributed by atoms with Gasteiger partial charge in [0.15, 0.2) is 9.04 Å². The van der Waals surface area contributed by atoms with Crippen LogP contribution >= 0.6 is 0 Å². The molecule has 2 atom stereocenters. The Hall–Kier alpha value is -0.653. The molecule has 92 valence electrons. The molecule has 1 aliphatic heterocycles. The zero-order chi connectivity index (χ0) is 11.8. The van der Waals surface area contributed by atoms with Crippen molar-refractivity contribution in [1.82, 2.24) is 0 Å². The molecule has 0 aromatic rings. The lowest BCUT2D eigenvalue weighted by Crippen LogP contribution is -2.20. The molecular formula is C11H20O4Si. The molecule has 0 aromatic heterocycles. The Morgan fingerprint density at radius 2 is 2.44 bits per heavy atom. The summed E-state index contributed by atoms with van der Waals surface area (Å²) in [6, 6.07) is 2.13. The summed E-state index contributed by atoms with van der Waals surface area (Å²) in [6.45, 7) is 7.49. The van der Waals surface area contributed by atoms with Gasteiger partial charge in [-0.2, -0.15) is 0 Å². The molecule has 1 fully saturated rings. The third-order valence-electron chi connectivity index (χ3n) is 2.41. The van der Waals surface area contributed by atoms with Crippen LogP contribution in [0, 0.1) is 0 Å². The van der Waals surface area contributed by atoms with Gasteiger partial charge in [-0.1, -0.05) is 6.58 Å². The smallest absolute Gasteiger partial charge is 0.330 e. The Balaban J connectivity index is 2.06. The van der Waals surface area contributed by atoms with Crippen LogP contribution < -0.4 is 0 Å². The maximum atomic E-state index is 10.8. The minimum Gasteiger partial charge on any atom is -0.463 e. The van der Waals surface area contributed by atoms with Gasteiger partial charge in [-0.15, -0.1) is 0 Å². The van der Waals surface area contributed by atoms with E-state index in [1.165, 1.54) is 6.08 Å². The average molecular weight is 244 g/mol. The largest absolute Gasteiger partial charge is 0.463 e. The molecule has 1 rings (SSSR count). The van der Waals surface area contributed by atoms with E-state index < -0.39 is 9.04 Å². The highest BCUT2D eigenvalue weighted by atomic mass is 28.3. The van der Waals surface area contributed by atoms with E-state index in [9.17, 15) is 4.79 Å². The lowest BCUT2D eigenvalue weighted by Gasteiger charge is -2.13. The average Bonchev–Trinajstić information content (AvgIpc) is 3.08. The third kappa shape index (κ3) is 6.04. The molecule has 4 nitrogen and oxygen atoms in total. The van der Waals surface area contributed by atoms with E-state index in [4.69, 9.17) is 13.9 Å². The molecule has 0 N–H and O–H groups in total. The van der Waals surface area contributed by atoms with Gasteiger partial charge in [0.2, 0.25) is 0 Å². The first-order valence-corrected chi connectivity index (χ1v) is 7.89. The zero-order valence-electron chi connectivity index (χ0n) is 9.81. The summed E-state index contributed by atoms with van der Waals surface area (Å²) < 4.78 is 15.8. The summed E-state index contributed by atoms with van der Waals surface area (Å²) in [4.78, 5) is 10.8. The number of hydrogen-bond donors (Lipinski definition) is 0. The van der Waals surface area contributed by atoms with Crippen molar-refractivity contribution < 1.29 is 18.7 Å². The van der Waals surface area contributed by atoms with Gasteiger partial charge in [0, 0.05) is 12.7 Å². The second kappa shape index (κ2) is 7.59. The quantitative estimate of drug-likeness (QED) is 0.201. The fraction of sp³-hybridized carbons (Fsp3) is 0.727. The number of carbonyl (C=O) groups is 1. The van der Waals surface area contributed by atoms with E-state index in [0.29, 0.717) is 12.7 Å². The maximum Gasteiger partial charge on any atom is 0.330 e. The molecule has 0 bridgehead atoms. The summed E-state index contributed by atoms with van der Waals surface area (Å²) in [7, 11) is -1.14. The zero-order valence-corrected chi connectivity index (χ0v) is 11.0. The van der Waals surface area contributed by atoms with Gasteiger partial charge in [0.05, 0.1) is 19.3 Å². The topological polar surface area (TPSA) is 48.1 Å². The summed E-state index contributed by atoms with van der Waals surface area (Å²) >= 11 is 0. The minimum absolute atomic E-state index is 0.347. The first-order chi connectivity index (χ1) is 7.76. The number of rotatable bonds is 9. The molecule has 0 amide bonds. The van der Waals surface area contributed by atoms with Gasteiger partial charge in [0.25, 0.3) is 0 Å². The van der Waals surface area contributed by atoms with Crippen molar-refractivity contribution >= 4 is 15.0 Å². The van der Waals surface area contributed by atoms with Gasteiger partial charge >= 0.3 is 5.97 Å². The van der Waals surface area contributed by atoms with Crippen LogP contribution in [-0.4, -0.2) is 40.9 Å². The lowest BCUT2D eigenvalue weighted by atomic mass is 10.5. The molecule has 0 spiro atoms. The first kappa shape index (κ1) is 13.4. The number of esters is 1. The number of epoxide rings is 1. The van der Waals surface area contributed by atoms with Crippen molar-refractivity contribution in [2.24, 2.45) is 0 Å². The predicted octanol–water partition coefficient (Wildman–Crippen LogP) is 1.26. The van der Waals surface area contributed by atoms with Crippen molar-refractivity contribution in [3.8, 4) is 0 Å². The highest BCUT2D eigenvalue weighted by Crippen LogP contribution is 2.19. The third-order valence-corrected chi connectivity index (χ3v) is 5.32. The van der Waals surface area contributed by atoms with Crippen LogP contribution in [0.25, 0.3) is 0 Å². The van der Waals surface area contributed by atoms with Crippen LogP contribution in [0.5, 0.6) is 0 Å². The molecule has 0 aliphatic carbocycles. The molecule has 0 saturated carbocycles. The Morgan fingerprint density at radius 3 is 3.00 bits per heavy atom. The van der Waals surface area contributed by atoms with Crippen LogP contribution in [0.3, 0.4) is 0 Å². The maximum absolute atomic E-state index is 10.8. The number of hydrogen-bond acceptors (Lipinski definition) is 4. The highest BCUT2D eigenvalue weighted by molar-refractivity contribution is 6.52. The molecule has 16 heavy (non-hydrogen) atoms. The predicted molar refractivity (Wildman–Crippen MR) is 63.9 cm³/mol. The normalized spacial score (nSPS) is 20.2. The molecule has 1 aliphatic rings. The summed E-state index contributed by atoms with van der Waals surface area (Å²) in [5, 5.41) is 0. The van der Waals surface area contributed by atoms with Crippen molar-refractivity contribution in [3.05, 3.63) is 12.7 Å². The fourth-order valence-corrected chi connectivity index (χ4v) is 4.04. The van der Waals surface area contributed by atoms with E-state index >= 15 is 0 Å². The van der Waals surface area contributed by atoms with Gasteiger partial charge in [-0.25, -0.2) is 4.79 Å². The Morgan fingerprint density at radius 1 is 1.69 bits per heavy atom. The van der Waals surface area contributed by atoms with E-state index in [2.05, 4.69) is 6.58 Å². The molecular weight excluding hydrogens is 224 g/mol. The van der Waals surface area contributed by atoms with Crippen LogP contribution in [0.1, 0.15) is 13.3 Å². The van der Waals surface area contributed by atoms with Gasteiger partial charge in [0.1, 0.15) is 0 Å². The van der Waals surface area contributed by atoms with Crippen LogP contribution in [0.15, 0.2) is 12.7 Å². The van der Waals surface area contributed by atoms with Crippen molar-refractivity contribution in [2.45, 2.75) is 31.5 Å². The molecule has 5 heteroatoms. The van der Waals surface area contributed by atoms with Gasteiger partial charge in [-0.05, 0) is 25.4 Å². The summed E-state index contributed by atoms with van der Waals surface area (Å²) in [5.74, 6) is -0.347. The number of carbonyl (C=O) groups excluding carboxylic acids is 1. The van der Waals surface area contributed by atoms with Crippen LogP contribution in [0.4, 0.5) is 0 Å². The monoisotopic (exact) mass is 244 g/mol. The SMILES string of the molecule is C=CC(=O)OCCC[SiH](CC1CO1)OCC. The van der Waals surface area contributed by atoms with E-state index in [0.717, 1.165) is 31.7 Å². The second-order valence-corrected chi connectivity index (χ2v) is 6.41. The molecule has 0 radical (unpaired) electrons. The summed E-state index contributed by atoms with van der Waals surface area (Å²) in [5.41, 5.74) is 0. The van der Waals surface area contributed by atoms with Crippen LogP contribution in [0.2, 0.25) is 12.1 Å². The van der Waals surface area contributed by atoms with Crippen molar-refractivity contribution in [2.75, 3.05) is 19.8 Å². The molecule has 1 heterocycles. The molecule has 1 saturated heterocycles. The summed E-state index contributed by atoms with van der Waals surface area (Å²) in [6.07, 6.45) is 2.51. The first-order valence-electron chi connectivity index (χ1n) is 5.78. The van der Waals surface area contributed by atoms with Crippen LogP contribution in [-0.2, 0) is 18.7 Å². The molecule has 0 aromatic carbocycles. The highest BCUT2D eigenvalue weighted by Gasteiger charge is 2.27. The second-order valence-electron chi connectivity index (χ2n) is 3.78. The van der Waals surface area contributed by atoms with E-state index in [-0.39, 0.29) is 5.97 Å². The van der Waals surface area contributed by atoms with Crippen molar-refractivity contribution in [1.29, 1.82) is 0 Å². The number of ether oxygens (including phenoxy) is 2. The Labute approximate surface area is 98.3 Å². The lowest BCUT2D eigenvalue weighted by molar-refractivity contribution is -0.137.